The number of aromatic nitrogens is 6. The smallest absolute Gasteiger partial charge is 0.162 e. The second-order valence-corrected chi connectivity index (χ2v) is 4.65. The third-order valence-corrected chi connectivity index (χ3v) is 3.24. The van der Waals surface area contributed by atoms with Crippen molar-refractivity contribution >= 4 is 34.8 Å². The zero-order chi connectivity index (χ0) is 14.7. The molecule has 21 heavy (non-hydrogen) atoms. The van der Waals surface area contributed by atoms with Crippen molar-refractivity contribution in [2.45, 2.75) is 5.75 Å². The van der Waals surface area contributed by atoms with Crippen molar-refractivity contribution in [3.8, 4) is 0 Å². The van der Waals surface area contributed by atoms with Gasteiger partial charge in [0.15, 0.2) is 5.65 Å². The van der Waals surface area contributed by atoms with E-state index in [-0.39, 0.29) is 0 Å². The van der Waals surface area contributed by atoms with Gasteiger partial charge in [-0.1, -0.05) is 6.07 Å². The largest absolute Gasteiger partial charge is 0.318 e. The van der Waals surface area contributed by atoms with E-state index in [0.717, 1.165) is 27.8 Å². The molecule has 0 fully saturated rings. The molecule has 0 spiro atoms. The van der Waals surface area contributed by atoms with Crippen LogP contribution in [0.2, 0.25) is 0 Å². The Bertz CT molecular complexity index is 871. The van der Waals surface area contributed by atoms with E-state index in [1.165, 1.54) is 6.33 Å². The van der Waals surface area contributed by atoms with E-state index in [9.17, 15) is 0 Å². The summed E-state index contributed by atoms with van der Waals surface area (Å²) in [6, 6.07) is 5.75. The van der Waals surface area contributed by atoms with Crippen LogP contribution in [0.5, 0.6) is 0 Å². The maximum Gasteiger partial charge on any atom is 0.162 e. The zero-order valence-corrected chi connectivity index (χ0v) is 12.1. The fourth-order valence-corrected chi connectivity index (χ4v) is 2.00. The van der Waals surface area contributed by atoms with Gasteiger partial charge in [-0.25, -0.2) is 19.6 Å². The maximum absolute atomic E-state index is 4.54. The van der Waals surface area contributed by atoms with Crippen molar-refractivity contribution in [2.24, 2.45) is 7.05 Å². The van der Waals surface area contributed by atoms with Crippen LogP contribution in [-0.4, -0.2) is 29.8 Å². The Labute approximate surface area is 125 Å². The molecule has 106 valence electrons. The van der Waals surface area contributed by atoms with Gasteiger partial charge in [0.05, 0.1) is 12.5 Å². The first-order chi connectivity index (χ1) is 10.3. The van der Waals surface area contributed by atoms with Crippen molar-refractivity contribution in [1.29, 1.82) is 0 Å². The van der Waals surface area contributed by atoms with E-state index in [4.69, 9.17) is 0 Å². The number of hydrogen-bond donors (Lipinski definition) is 1. The molecule has 0 atom stereocenters. The van der Waals surface area contributed by atoms with Gasteiger partial charge in [0.25, 0.3) is 0 Å². The van der Waals surface area contributed by atoms with Crippen LogP contribution in [-0.2, 0) is 12.8 Å². The van der Waals surface area contributed by atoms with Crippen molar-refractivity contribution in [2.75, 3.05) is 0 Å². The van der Waals surface area contributed by atoms with Crippen LogP contribution >= 0.6 is 12.6 Å². The molecule has 8 heteroatoms. The van der Waals surface area contributed by atoms with Crippen molar-refractivity contribution in [3.05, 3.63) is 42.6 Å². The van der Waals surface area contributed by atoms with Gasteiger partial charge in [0.1, 0.15) is 22.9 Å². The quantitative estimate of drug-likeness (QED) is 0.541. The van der Waals surface area contributed by atoms with E-state index in [2.05, 4.69) is 42.5 Å². The summed E-state index contributed by atoms with van der Waals surface area (Å²) in [5.41, 5.74) is 4.41. The molecule has 0 aliphatic heterocycles. The van der Waals surface area contributed by atoms with Crippen LogP contribution in [0.25, 0.3) is 22.2 Å². The Morgan fingerprint density at radius 3 is 2.81 bits per heavy atom. The Balaban J connectivity index is 0.000000126. The highest BCUT2D eigenvalue weighted by molar-refractivity contribution is 7.79. The lowest BCUT2D eigenvalue weighted by Gasteiger charge is -1.90. The molecule has 0 N–H and O–H groups in total. The fourth-order valence-electron chi connectivity index (χ4n) is 1.81. The van der Waals surface area contributed by atoms with Gasteiger partial charge in [0, 0.05) is 12.8 Å². The minimum atomic E-state index is 0.711. The summed E-state index contributed by atoms with van der Waals surface area (Å²) in [7, 11) is 1.91. The topological polar surface area (TPSA) is 82.5 Å². The molecule has 0 aliphatic carbocycles. The van der Waals surface area contributed by atoms with Gasteiger partial charge in [-0.3, -0.25) is 0 Å². The van der Waals surface area contributed by atoms with Gasteiger partial charge in [-0.05, 0) is 28.0 Å². The highest BCUT2D eigenvalue weighted by Crippen LogP contribution is 2.12. The van der Waals surface area contributed by atoms with Crippen LogP contribution in [0.15, 0.2) is 41.7 Å². The number of benzene rings is 1. The van der Waals surface area contributed by atoms with Gasteiger partial charge in [0.2, 0.25) is 0 Å². The van der Waals surface area contributed by atoms with Crippen LogP contribution in [0.1, 0.15) is 5.56 Å². The Hall–Kier alpha value is -2.48. The fraction of sp³-hybridized carbons (Fsp3) is 0.154. The lowest BCUT2D eigenvalue weighted by Crippen LogP contribution is -1.86. The normalized spacial score (nSPS) is 10.6. The molecule has 3 heterocycles. The molecule has 3 aromatic heterocycles. The molecule has 0 radical (unpaired) electrons. The van der Waals surface area contributed by atoms with Gasteiger partial charge in [-0.15, -0.1) is 0 Å². The minimum absolute atomic E-state index is 0.711. The average Bonchev–Trinajstić information content (AvgIpc) is 3.14. The molecule has 0 bridgehead atoms. The predicted octanol–water partition coefficient (Wildman–Crippen LogP) is 2.02. The highest BCUT2D eigenvalue weighted by Gasteiger charge is 1.99. The Morgan fingerprint density at radius 1 is 1.14 bits per heavy atom. The molecule has 7 nitrogen and oxygen atoms in total. The Morgan fingerprint density at radius 2 is 2.00 bits per heavy atom. The average molecular weight is 300 g/mol. The number of aryl methyl sites for hydroxylation is 1. The summed E-state index contributed by atoms with van der Waals surface area (Å²) in [4.78, 5) is 11.9. The van der Waals surface area contributed by atoms with E-state index >= 15 is 0 Å². The molecule has 0 saturated carbocycles. The molecular formula is C13H12N6OS. The summed E-state index contributed by atoms with van der Waals surface area (Å²) in [5.74, 6) is 0.711. The number of nitrogens with zero attached hydrogens (tertiary/aromatic N) is 6. The standard InChI is InChI=1S/C7H6N2OS.C6H6N4/c11-4-5-1-2-6-7(3-5)9-10-8-6;1-10-4-9-5-2-7-3-8-6(5)10/h1-3,11H,4H2;2-4H,1H3. The van der Waals surface area contributed by atoms with Gasteiger partial charge in [-0.2, -0.15) is 12.6 Å². The first-order valence-corrected chi connectivity index (χ1v) is 6.80. The molecule has 0 unspecified atom stereocenters. The van der Waals surface area contributed by atoms with E-state index in [0.29, 0.717) is 5.75 Å². The summed E-state index contributed by atoms with van der Waals surface area (Å²) in [6.07, 6.45) is 4.94. The monoisotopic (exact) mass is 300 g/mol. The second kappa shape index (κ2) is 5.88. The molecule has 0 amide bonds. The molecule has 0 saturated heterocycles. The van der Waals surface area contributed by atoms with E-state index in [1.54, 1.807) is 12.5 Å². The van der Waals surface area contributed by atoms with Gasteiger partial charge < -0.3 is 4.57 Å². The molecule has 4 rings (SSSR count). The third-order valence-electron chi connectivity index (χ3n) is 2.88. The Kier molecular flexibility index (Phi) is 3.78. The number of fused-ring (bicyclic) bond motifs is 2. The zero-order valence-electron chi connectivity index (χ0n) is 11.2. The SMILES string of the molecule is Cn1cnc2cncnc21.SCc1ccc2nonc2c1. The summed E-state index contributed by atoms with van der Waals surface area (Å²) >= 11 is 4.14. The lowest BCUT2D eigenvalue weighted by atomic mass is 10.2. The number of imidazole rings is 1. The first-order valence-electron chi connectivity index (χ1n) is 6.17. The van der Waals surface area contributed by atoms with Crippen LogP contribution in [0.3, 0.4) is 0 Å². The summed E-state index contributed by atoms with van der Waals surface area (Å²) < 4.78 is 6.40. The van der Waals surface area contributed by atoms with Crippen LogP contribution in [0.4, 0.5) is 0 Å². The molecule has 4 aromatic rings. The molecule has 0 aliphatic rings. The van der Waals surface area contributed by atoms with Gasteiger partial charge >= 0.3 is 0 Å². The number of hydrogen-bond acceptors (Lipinski definition) is 7. The summed E-state index contributed by atoms with van der Waals surface area (Å²) in [6.45, 7) is 0. The third kappa shape index (κ3) is 2.84. The van der Waals surface area contributed by atoms with E-state index in [1.807, 2.05) is 29.8 Å². The lowest BCUT2D eigenvalue weighted by molar-refractivity contribution is 0.315. The van der Waals surface area contributed by atoms with Crippen molar-refractivity contribution in [1.82, 2.24) is 29.8 Å². The predicted molar refractivity (Wildman–Crippen MR) is 80.8 cm³/mol. The first kappa shape index (κ1) is 13.5. The highest BCUT2D eigenvalue weighted by atomic mass is 32.1. The number of rotatable bonds is 1. The van der Waals surface area contributed by atoms with Crippen LogP contribution < -0.4 is 0 Å². The number of thiol groups is 1. The minimum Gasteiger partial charge on any atom is -0.318 e. The molecule has 1 aromatic carbocycles. The second-order valence-electron chi connectivity index (χ2n) is 4.33. The molecular weight excluding hydrogens is 288 g/mol. The van der Waals surface area contributed by atoms with Crippen molar-refractivity contribution < 1.29 is 4.63 Å². The van der Waals surface area contributed by atoms with E-state index < -0.39 is 0 Å². The maximum atomic E-state index is 4.54. The van der Waals surface area contributed by atoms with Crippen LogP contribution in [0, 0.1) is 0 Å². The summed E-state index contributed by atoms with van der Waals surface area (Å²) in [5, 5.41) is 7.39. The van der Waals surface area contributed by atoms with Crippen molar-refractivity contribution in [3.63, 3.8) is 0 Å².